The van der Waals surface area contributed by atoms with E-state index in [1.165, 1.54) is 0 Å². The van der Waals surface area contributed by atoms with Crippen molar-refractivity contribution in [2.24, 2.45) is 5.92 Å². The molecule has 5 heteroatoms. The van der Waals surface area contributed by atoms with Crippen molar-refractivity contribution in [1.82, 2.24) is 10.6 Å². The lowest BCUT2D eigenvalue weighted by atomic mass is 9.97. The first-order chi connectivity index (χ1) is 13.0. The van der Waals surface area contributed by atoms with Crippen LogP contribution in [0.5, 0.6) is 5.75 Å². The van der Waals surface area contributed by atoms with E-state index in [4.69, 9.17) is 4.74 Å². The lowest BCUT2D eigenvalue weighted by molar-refractivity contribution is -0.137. The first-order valence-electron chi connectivity index (χ1n) is 9.37. The molecule has 0 bridgehead atoms. The molecule has 142 valence electrons. The predicted octanol–water partition coefficient (Wildman–Crippen LogP) is 2.84. The van der Waals surface area contributed by atoms with Crippen LogP contribution in [0.15, 0.2) is 54.6 Å². The fourth-order valence-electron chi connectivity index (χ4n) is 3.16. The summed E-state index contributed by atoms with van der Waals surface area (Å²) >= 11 is 0. The summed E-state index contributed by atoms with van der Waals surface area (Å²) in [6, 6.07) is 16.7. The molecular formula is C22H26N2O3. The van der Waals surface area contributed by atoms with E-state index in [0.717, 1.165) is 16.9 Å². The lowest BCUT2D eigenvalue weighted by Gasteiger charge is -2.30. The van der Waals surface area contributed by atoms with Crippen LogP contribution in [0.1, 0.15) is 31.4 Å². The quantitative estimate of drug-likeness (QED) is 0.792. The van der Waals surface area contributed by atoms with Crippen molar-refractivity contribution in [3.05, 3.63) is 65.7 Å². The maximum absolute atomic E-state index is 12.3. The zero-order valence-electron chi connectivity index (χ0n) is 15.8. The zero-order valence-corrected chi connectivity index (χ0v) is 15.8. The third-order valence-electron chi connectivity index (χ3n) is 4.58. The smallest absolute Gasteiger partial charge is 0.243 e. The van der Waals surface area contributed by atoms with E-state index in [-0.39, 0.29) is 11.8 Å². The molecule has 0 spiro atoms. The zero-order chi connectivity index (χ0) is 19.2. The molecule has 2 aromatic rings. The Morgan fingerprint density at radius 2 is 1.48 bits per heavy atom. The van der Waals surface area contributed by atoms with Gasteiger partial charge in [0.15, 0.2) is 0 Å². The van der Waals surface area contributed by atoms with Gasteiger partial charge < -0.3 is 15.4 Å². The molecule has 2 aromatic carbocycles. The second-order valence-electron chi connectivity index (χ2n) is 7.37. The highest BCUT2D eigenvalue weighted by molar-refractivity contribution is 5.97. The highest BCUT2D eigenvalue weighted by atomic mass is 16.5. The van der Waals surface area contributed by atoms with Crippen LogP contribution >= 0.6 is 0 Å². The van der Waals surface area contributed by atoms with E-state index < -0.39 is 12.1 Å². The molecule has 2 amide bonds. The van der Waals surface area contributed by atoms with Crippen molar-refractivity contribution in [2.45, 2.75) is 45.4 Å². The van der Waals surface area contributed by atoms with E-state index in [9.17, 15) is 9.59 Å². The van der Waals surface area contributed by atoms with Crippen molar-refractivity contribution in [3.63, 3.8) is 0 Å². The van der Waals surface area contributed by atoms with Crippen molar-refractivity contribution in [3.8, 4) is 5.75 Å². The number of carbonyl (C=O) groups excluding carboxylic acids is 2. The monoisotopic (exact) mass is 366 g/mol. The Balaban J connectivity index is 1.53. The van der Waals surface area contributed by atoms with Crippen LogP contribution < -0.4 is 15.4 Å². The summed E-state index contributed by atoms with van der Waals surface area (Å²) in [5, 5.41) is 5.69. The second kappa shape index (κ2) is 8.71. The number of nitrogens with one attached hydrogen (secondary N) is 2. The summed E-state index contributed by atoms with van der Waals surface area (Å²) in [5.41, 5.74) is 2.09. The minimum absolute atomic E-state index is 0.101. The molecule has 1 fully saturated rings. The van der Waals surface area contributed by atoms with Crippen molar-refractivity contribution < 1.29 is 14.3 Å². The minimum atomic E-state index is -0.531. The number of hydrogen-bond acceptors (Lipinski definition) is 3. The Kier molecular flexibility index (Phi) is 6.12. The van der Waals surface area contributed by atoms with E-state index in [1.807, 2.05) is 68.4 Å². The van der Waals surface area contributed by atoms with Gasteiger partial charge in [-0.25, -0.2) is 0 Å². The average molecular weight is 366 g/mol. The number of rotatable bonds is 7. The molecule has 1 aliphatic rings. The molecule has 27 heavy (non-hydrogen) atoms. The Morgan fingerprint density at radius 1 is 0.852 bits per heavy atom. The Labute approximate surface area is 160 Å². The molecular weight excluding hydrogens is 340 g/mol. The number of benzene rings is 2. The van der Waals surface area contributed by atoms with Gasteiger partial charge in [0, 0.05) is 6.42 Å². The Bertz CT molecular complexity index is 772. The van der Waals surface area contributed by atoms with Gasteiger partial charge in [0.1, 0.15) is 24.4 Å². The maximum atomic E-state index is 12.3. The topological polar surface area (TPSA) is 67.4 Å². The first-order valence-corrected chi connectivity index (χ1v) is 9.37. The first kappa shape index (κ1) is 19.0. The molecule has 0 aliphatic carbocycles. The summed E-state index contributed by atoms with van der Waals surface area (Å²) in [6.07, 6.45) is 1.11. The van der Waals surface area contributed by atoms with Gasteiger partial charge in [-0.15, -0.1) is 0 Å². The van der Waals surface area contributed by atoms with E-state index in [2.05, 4.69) is 10.6 Å². The Morgan fingerprint density at radius 3 is 2.15 bits per heavy atom. The minimum Gasteiger partial charge on any atom is -0.489 e. The number of hydrogen-bond donors (Lipinski definition) is 2. The van der Waals surface area contributed by atoms with Crippen LogP contribution in [-0.4, -0.2) is 23.9 Å². The molecule has 5 nitrogen and oxygen atoms in total. The van der Waals surface area contributed by atoms with Gasteiger partial charge in [0.05, 0.1) is 0 Å². The second-order valence-corrected chi connectivity index (χ2v) is 7.37. The summed E-state index contributed by atoms with van der Waals surface area (Å²) < 4.78 is 5.78. The maximum Gasteiger partial charge on any atom is 0.243 e. The highest BCUT2D eigenvalue weighted by Gasteiger charge is 2.33. The summed E-state index contributed by atoms with van der Waals surface area (Å²) in [4.78, 5) is 24.5. The van der Waals surface area contributed by atoms with Crippen LogP contribution in [0.3, 0.4) is 0 Å². The molecule has 2 N–H and O–H groups in total. The lowest BCUT2D eigenvalue weighted by Crippen LogP contribution is -2.62. The van der Waals surface area contributed by atoms with Crippen LogP contribution in [0.4, 0.5) is 0 Å². The van der Waals surface area contributed by atoms with Gasteiger partial charge in [-0.2, -0.15) is 0 Å². The van der Waals surface area contributed by atoms with Gasteiger partial charge in [-0.05, 0) is 35.6 Å². The summed E-state index contributed by atoms with van der Waals surface area (Å²) in [6.45, 7) is 4.58. The standard InChI is InChI=1S/C22H26N2O3/c1-15(2)12-19-21(25)24-20(22(26)23-19)13-16-8-10-18(11-9-16)27-14-17-6-4-3-5-7-17/h3-11,15,19-20H,12-14H2,1-2H3,(H,23,26)(H,24,25)/t19-,20+/m0/s1. The predicted molar refractivity (Wildman–Crippen MR) is 104 cm³/mol. The molecule has 1 heterocycles. The number of ether oxygens (including phenoxy) is 1. The van der Waals surface area contributed by atoms with Crippen molar-refractivity contribution in [2.75, 3.05) is 0 Å². The highest BCUT2D eigenvalue weighted by Crippen LogP contribution is 2.17. The van der Waals surface area contributed by atoms with Gasteiger partial charge in [-0.1, -0.05) is 56.3 Å². The number of carbonyl (C=O) groups is 2. The molecule has 0 saturated carbocycles. The molecule has 0 radical (unpaired) electrons. The molecule has 0 unspecified atom stereocenters. The van der Waals surface area contributed by atoms with Gasteiger partial charge in [0.25, 0.3) is 0 Å². The third-order valence-corrected chi connectivity index (χ3v) is 4.58. The fourth-order valence-corrected chi connectivity index (χ4v) is 3.16. The fraction of sp³-hybridized carbons (Fsp3) is 0.364. The van der Waals surface area contributed by atoms with Crippen LogP contribution in [0.25, 0.3) is 0 Å². The number of amides is 2. The van der Waals surface area contributed by atoms with Crippen LogP contribution in [0.2, 0.25) is 0 Å². The van der Waals surface area contributed by atoms with Crippen molar-refractivity contribution in [1.29, 1.82) is 0 Å². The summed E-state index contributed by atoms with van der Waals surface area (Å²) in [5.74, 6) is 0.901. The molecule has 2 atom stereocenters. The molecule has 1 aliphatic heterocycles. The normalized spacial score (nSPS) is 19.5. The largest absolute Gasteiger partial charge is 0.489 e. The average Bonchev–Trinajstić information content (AvgIpc) is 2.65. The van der Waals surface area contributed by atoms with Crippen molar-refractivity contribution >= 4 is 11.8 Å². The third kappa shape index (κ3) is 5.33. The molecule has 1 saturated heterocycles. The Hall–Kier alpha value is -2.82. The van der Waals surface area contributed by atoms with Gasteiger partial charge in [-0.3, -0.25) is 9.59 Å². The van der Waals surface area contributed by atoms with Crippen LogP contribution in [0, 0.1) is 5.92 Å². The van der Waals surface area contributed by atoms with E-state index in [0.29, 0.717) is 25.4 Å². The van der Waals surface area contributed by atoms with E-state index >= 15 is 0 Å². The van der Waals surface area contributed by atoms with E-state index in [1.54, 1.807) is 0 Å². The molecule has 3 rings (SSSR count). The molecule has 0 aromatic heterocycles. The summed E-state index contributed by atoms with van der Waals surface area (Å²) in [7, 11) is 0. The van der Waals surface area contributed by atoms with Crippen LogP contribution in [-0.2, 0) is 22.6 Å². The van der Waals surface area contributed by atoms with Gasteiger partial charge in [0.2, 0.25) is 11.8 Å². The van der Waals surface area contributed by atoms with Gasteiger partial charge >= 0.3 is 0 Å². The SMILES string of the molecule is CC(C)C[C@@H]1NC(=O)[C@@H](Cc2ccc(OCc3ccccc3)cc2)NC1=O. The number of piperazine rings is 1.